The average Bonchev–Trinajstić information content (AvgIpc) is 2.85. The predicted molar refractivity (Wildman–Crippen MR) is 69.8 cm³/mol. The first kappa shape index (κ1) is 14.6. The summed E-state index contributed by atoms with van der Waals surface area (Å²) in [5, 5.41) is 7.83. The van der Waals surface area contributed by atoms with Gasteiger partial charge in [0, 0.05) is 11.6 Å². The maximum Gasteiger partial charge on any atom is 0.239 e. The van der Waals surface area contributed by atoms with Crippen molar-refractivity contribution in [3.8, 4) is 0 Å². The second-order valence-electron chi connectivity index (χ2n) is 4.19. The molecular weight excluding hydrogens is 252 g/mol. The summed E-state index contributed by atoms with van der Waals surface area (Å²) in [4.78, 5) is 27.0. The lowest BCUT2D eigenvalue weighted by Crippen LogP contribution is -2.47. The molecule has 18 heavy (non-hydrogen) atoms. The summed E-state index contributed by atoms with van der Waals surface area (Å²) in [5.41, 5.74) is 5.65. The van der Waals surface area contributed by atoms with Gasteiger partial charge in [-0.15, -0.1) is 11.3 Å². The third-order valence-corrected chi connectivity index (χ3v) is 3.14. The van der Waals surface area contributed by atoms with Crippen LogP contribution in [0.3, 0.4) is 0 Å². The van der Waals surface area contributed by atoms with Gasteiger partial charge in [0.15, 0.2) is 0 Å². The minimum absolute atomic E-state index is 0.0448. The number of amides is 2. The minimum Gasteiger partial charge on any atom is -0.348 e. The van der Waals surface area contributed by atoms with Crippen LogP contribution in [0.15, 0.2) is 11.6 Å². The van der Waals surface area contributed by atoms with Gasteiger partial charge in [-0.05, 0) is 5.92 Å². The summed E-state index contributed by atoms with van der Waals surface area (Å²) >= 11 is 1.46. The highest BCUT2D eigenvalue weighted by Crippen LogP contribution is 2.02. The zero-order valence-corrected chi connectivity index (χ0v) is 11.3. The van der Waals surface area contributed by atoms with Crippen molar-refractivity contribution in [2.24, 2.45) is 11.7 Å². The highest BCUT2D eigenvalue weighted by molar-refractivity contribution is 7.09. The van der Waals surface area contributed by atoms with E-state index in [2.05, 4.69) is 15.6 Å². The molecule has 0 saturated carbocycles. The third-order valence-electron chi connectivity index (χ3n) is 2.36. The molecular formula is C11H18N4O2S. The van der Waals surface area contributed by atoms with Crippen molar-refractivity contribution in [1.82, 2.24) is 15.6 Å². The average molecular weight is 270 g/mol. The van der Waals surface area contributed by atoms with E-state index < -0.39 is 6.04 Å². The molecule has 1 atom stereocenters. The van der Waals surface area contributed by atoms with Crippen LogP contribution in [0.25, 0.3) is 0 Å². The van der Waals surface area contributed by atoms with Crippen LogP contribution < -0.4 is 16.4 Å². The highest BCUT2D eigenvalue weighted by Gasteiger charge is 2.17. The molecule has 0 radical (unpaired) electrons. The second kappa shape index (κ2) is 7.07. The predicted octanol–water partition coefficient (Wildman–Crippen LogP) is -0.141. The number of nitrogens with two attached hydrogens (primary N) is 1. The lowest BCUT2D eigenvalue weighted by molar-refractivity contribution is -0.127. The third kappa shape index (κ3) is 4.80. The van der Waals surface area contributed by atoms with Crippen LogP contribution in [-0.4, -0.2) is 29.4 Å². The normalized spacial score (nSPS) is 12.2. The first-order valence-corrected chi connectivity index (χ1v) is 6.57. The summed E-state index contributed by atoms with van der Waals surface area (Å²) in [5.74, 6) is -0.521. The second-order valence-corrected chi connectivity index (χ2v) is 5.17. The van der Waals surface area contributed by atoms with Crippen molar-refractivity contribution >= 4 is 23.2 Å². The Hall–Kier alpha value is -1.47. The molecule has 1 aromatic rings. The van der Waals surface area contributed by atoms with E-state index in [0.717, 1.165) is 5.01 Å². The molecule has 4 N–H and O–H groups in total. The number of hydrogen-bond acceptors (Lipinski definition) is 5. The lowest BCUT2D eigenvalue weighted by atomic mass is 10.1. The van der Waals surface area contributed by atoms with Crippen LogP contribution in [0.5, 0.6) is 0 Å². The van der Waals surface area contributed by atoms with Gasteiger partial charge in [0.2, 0.25) is 11.8 Å². The van der Waals surface area contributed by atoms with Gasteiger partial charge < -0.3 is 16.4 Å². The first-order chi connectivity index (χ1) is 8.50. The fourth-order valence-corrected chi connectivity index (χ4v) is 1.72. The molecule has 0 aromatic carbocycles. The Kier molecular flexibility index (Phi) is 5.73. The Morgan fingerprint density at radius 3 is 2.72 bits per heavy atom. The minimum atomic E-state index is -0.586. The molecule has 1 aromatic heterocycles. The number of aromatic nitrogens is 1. The molecule has 7 heteroatoms. The Labute approximate surface area is 110 Å². The Bertz CT molecular complexity index is 392. The van der Waals surface area contributed by atoms with E-state index in [1.165, 1.54) is 11.3 Å². The van der Waals surface area contributed by atoms with Gasteiger partial charge in [0.25, 0.3) is 0 Å². The van der Waals surface area contributed by atoms with E-state index in [4.69, 9.17) is 5.73 Å². The van der Waals surface area contributed by atoms with Gasteiger partial charge in [0.1, 0.15) is 5.01 Å². The Balaban J connectivity index is 2.23. The van der Waals surface area contributed by atoms with Gasteiger partial charge in [-0.1, -0.05) is 13.8 Å². The molecule has 0 saturated heterocycles. The molecule has 6 nitrogen and oxygen atoms in total. The topological polar surface area (TPSA) is 97.1 Å². The van der Waals surface area contributed by atoms with Gasteiger partial charge in [-0.3, -0.25) is 9.59 Å². The van der Waals surface area contributed by atoms with Crippen molar-refractivity contribution in [3.05, 3.63) is 16.6 Å². The highest BCUT2D eigenvalue weighted by atomic mass is 32.1. The molecule has 2 amide bonds. The van der Waals surface area contributed by atoms with Crippen LogP contribution in [0.1, 0.15) is 18.9 Å². The number of hydrogen-bond donors (Lipinski definition) is 3. The lowest BCUT2D eigenvalue weighted by Gasteiger charge is -2.14. The maximum atomic E-state index is 11.5. The summed E-state index contributed by atoms with van der Waals surface area (Å²) in [6, 6.07) is -0.586. The fourth-order valence-electron chi connectivity index (χ4n) is 1.16. The van der Waals surface area contributed by atoms with E-state index in [1.807, 2.05) is 19.2 Å². The van der Waals surface area contributed by atoms with Crippen molar-refractivity contribution in [2.45, 2.75) is 26.4 Å². The van der Waals surface area contributed by atoms with E-state index in [-0.39, 0.29) is 24.3 Å². The summed E-state index contributed by atoms with van der Waals surface area (Å²) in [6.45, 7) is 4.02. The molecule has 0 bridgehead atoms. The van der Waals surface area contributed by atoms with Crippen molar-refractivity contribution in [1.29, 1.82) is 0 Å². The Morgan fingerprint density at radius 1 is 1.44 bits per heavy atom. The molecule has 0 aliphatic heterocycles. The van der Waals surface area contributed by atoms with Crippen LogP contribution in [0, 0.1) is 5.92 Å². The number of thiazole rings is 1. The monoisotopic (exact) mass is 270 g/mol. The van der Waals surface area contributed by atoms with E-state index >= 15 is 0 Å². The summed E-state index contributed by atoms with van der Waals surface area (Å²) in [6.07, 6.45) is 1.68. The van der Waals surface area contributed by atoms with E-state index in [0.29, 0.717) is 6.54 Å². The zero-order valence-electron chi connectivity index (χ0n) is 10.5. The molecule has 0 spiro atoms. The zero-order chi connectivity index (χ0) is 13.5. The van der Waals surface area contributed by atoms with Crippen LogP contribution in [0.2, 0.25) is 0 Å². The molecule has 0 unspecified atom stereocenters. The summed E-state index contributed by atoms with van der Waals surface area (Å²) < 4.78 is 0. The molecule has 0 aliphatic carbocycles. The molecule has 0 aliphatic rings. The summed E-state index contributed by atoms with van der Waals surface area (Å²) in [7, 11) is 0. The van der Waals surface area contributed by atoms with Gasteiger partial charge in [-0.2, -0.15) is 0 Å². The standard InChI is InChI=1S/C11H18N4O2S/c1-7(2)10(12)11(17)15-5-8(16)14-6-9-13-3-4-18-9/h3-4,7,10H,5-6,12H2,1-2H3,(H,14,16)(H,15,17)/t10-/m0/s1. The number of nitrogens with one attached hydrogen (secondary N) is 2. The van der Waals surface area contributed by atoms with Crippen LogP contribution >= 0.6 is 11.3 Å². The number of carbonyl (C=O) groups excluding carboxylic acids is 2. The largest absolute Gasteiger partial charge is 0.348 e. The van der Waals surface area contributed by atoms with Crippen molar-refractivity contribution in [2.75, 3.05) is 6.54 Å². The van der Waals surface area contributed by atoms with Gasteiger partial charge >= 0.3 is 0 Å². The van der Waals surface area contributed by atoms with Crippen molar-refractivity contribution in [3.63, 3.8) is 0 Å². The van der Waals surface area contributed by atoms with Crippen LogP contribution in [-0.2, 0) is 16.1 Å². The fraction of sp³-hybridized carbons (Fsp3) is 0.545. The molecule has 1 heterocycles. The molecule has 1 rings (SSSR count). The Morgan fingerprint density at radius 2 is 2.17 bits per heavy atom. The first-order valence-electron chi connectivity index (χ1n) is 5.69. The van der Waals surface area contributed by atoms with Gasteiger partial charge in [0.05, 0.1) is 19.1 Å². The quantitative estimate of drug-likeness (QED) is 0.670. The van der Waals surface area contributed by atoms with E-state index in [9.17, 15) is 9.59 Å². The number of rotatable bonds is 6. The van der Waals surface area contributed by atoms with Crippen LogP contribution in [0.4, 0.5) is 0 Å². The molecule has 0 fully saturated rings. The number of carbonyl (C=O) groups is 2. The maximum absolute atomic E-state index is 11.5. The van der Waals surface area contributed by atoms with Crippen molar-refractivity contribution < 1.29 is 9.59 Å². The van der Waals surface area contributed by atoms with Gasteiger partial charge in [-0.25, -0.2) is 4.98 Å². The van der Waals surface area contributed by atoms with E-state index in [1.54, 1.807) is 6.20 Å². The molecule has 100 valence electrons. The SMILES string of the molecule is CC(C)[C@H](N)C(=O)NCC(=O)NCc1nccs1. The smallest absolute Gasteiger partial charge is 0.239 e. The number of nitrogens with zero attached hydrogens (tertiary/aromatic N) is 1.